The normalized spacial score (nSPS) is 11.7. The molecule has 0 saturated carbocycles. The summed E-state index contributed by atoms with van der Waals surface area (Å²) >= 11 is 11.9. The highest BCUT2D eigenvalue weighted by Crippen LogP contribution is 2.39. The summed E-state index contributed by atoms with van der Waals surface area (Å²) in [6, 6.07) is 14.6. The number of thiocarbonyl (C=S) groups is 1. The number of hydrogen-bond donors (Lipinski definition) is 2. The summed E-state index contributed by atoms with van der Waals surface area (Å²) < 4.78 is 23.2. The van der Waals surface area contributed by atoms with Crippen LogP contribution >= 0.6 is 23.8 Å². The molecular weight excluding hydrogens is 562 g/mol. The van der Waals surface area contributed by atoms with Crippen LogP contribution in [0, 0.1) is 0 Å². The van der Waals surface area contributed by atoms with E-state index in [9.17, 15) is 4.79 Å². The lowest BCUT2D eigenvalue weighted by Crippen LogP contribution is -2.34. The number of carbonyl (C=O) groups excluding carboxylic acids is 1. The van der Waals surface area contributed by atoms with E-state index >= 15 is 0 Å². The molecule has 0 aliphatic carbocycles. The van der Waals surface area contributed by atoms with E-state index in [1.165, 1.54) is 5.56 Å². The fourth-order valence-electron chi connectivity index (χ4n) is 4.21. The minimum absolute atomic E-state index is 0.0645. The lowest BCUT2D eigenvalue weighted by atomic mass is 9.98. The molecule has 41 heavy (non-hydrogen) atoms. The first-order valence-corrected chi connectivity index (χ1v) is 14.5. The standard InChI is InChI=1S/C31H34ClN3O5S/c1-6-18(5)19-11-13-25-24(14-19)33-30(40-25)20-10-12-22(32)23(15-20)34-31(41)35-29(36)21-16-26(37-7-2)28(39-9-4)27(17-21)38-8-3/h10-18H,6-9H2,1-5H3,(H2,34,35,36,41)/t18-/m0/s1. The highest BCUT2D eigenvalue weighted by Gasteiger charge is 2.20. The number of anilines is 1. The molecule has 4 aromatic rings. The number of amides is 1. The summed E-state index contributed by atoms with van der Waals surface area (Å²) in [5.74, 6) is 1.71. The minimum atomic E-state index is -0.448. The first-order chi connectivity index (χ1) is 19.8. The van der Waals surface area contributed by atoms with Gasteiger partial charge in [0.2, 0.25) is 11.6 Å². The third kappa shape index (κ3) is 7.10. The van der Waals surface area contributed by atoms with Crippen LogP contribution in [0.15, 0.2) is 52.9 Å². The fraction of sp³-hybridized carbons (Fsp3) is 0.323. The van der Waals surface area contributed by atoms with Gasteiger partial charge in [0.25, 0.3) is 5.91 Å². The molecular formula is C31H34ClN3O5S. The molecule has 3 aromatic carbocycles. The fourth-order valence-corrected chi connectivity index (χ4v) is 4.58. The van der Waals surface area contributed by atoms with Gasteiger partial charge < -0.3 is 23.9 Å². The van der Waals surface area contributed by atoms with Crippen molar-refractivity contribution in [3.05, 3.63) is 64.7 Å². The van der Waals surface area contributed by atoms with E-state index in [1.54, 1.807) is 24.3 Å². The first-order valence-electron chi connectivity index (χ1n) is 13.7. The third-order valence-corrected chi connectivity index (χ3v) is 6.99. The summed E-state index contributed by atoms with van der Waals surface area (Å²) in [5, 5.41) is 6.19. The van der Waals surface area contributed by atoms with E-state index < -0.39 is 5.91 Å². The molecule has 1 aromatic heterocycles. The van der Waals surface area contributed by atoms with Gasteiger partial charge in [-0.3, -0.25) is 10.1 Å². The molecule has 8 nitrogen and oxygen atoms in total. The molecule has 0 aliphatic heterocycles. The minimum Gasteiger partial charge on any atom is -0.490 e. The van der Waals surface area contributed by atoms with Crippen molar-refractivity contribution in [1.82, 2.24) is 10.3 Å². The Kier molecular flexibility index (Phi) is 10.1. The molecule has 1 amide bonds. The van der Waals surface area contributed by atoms with Crippen LogP contribution in [0.25, 0.3) is 22.6 Å². The molecule has 1 heterocycles. The maximum absolute atomic E-state index is 13.1. The lowest BCUT2D eigenvalue weighted by Gasteiger charge is -2.17. The Labute approximate surface area is 250 Å². The zero-order valence-electron chi connectivity index (χ0n) is 23.8. The Morgan fingerprint density at radius 2 is 1.66 bits per heavy atom. The molecule has 0 saturated heterocycles. The number of benzene rings is 3. The van der Waals surface area contributed by atoms with Crippen molar-refractivity contribution in [2.75, 3.05) is 25.1 Å². The lowest BCUT2D eigenvalue weighted by molar-refractivity contribution is 0.0976. The van der Waals surface area contributed by atoms with Crippen molar-refractivity contribution in [2.45, 2.75) is 47.0 Å². The van der Waals surface area contributed by atoms with Gasteiger partial charge in [-0.15, -0.1) is 0 Å². The number of nitrogens with one attached hydrogen (secondary N) is 2. The topological polar surface area (TPSA) is 94.9 Å². The molecule has 2 N–H and O–H groups in total. The average molecular weight is 596 g/mol. The maximum Gasteiger partial charge on any atom is 0.257 e. The molecule has 0 radical (unpaired) electrons. The van der Waals surface area contributed by atoms with Crippen LogP contribution in [-0.2, 0) is 0 Å². The molecule has 10 heteroatoms. The van der Waals surface area contributed by atoms with Crippen LogP contribution in [0.3, 0.4) is 0 Å². The number of halogens is 1. The highest BCUT2D eigenvalue weighted by atomic mass is 35.5. The van der Waals surface area contributed by atoms with E-state index in [-0.39, 0.29) is 5.11 Å². The van der Waals surface area contributed by atoms with Crippen LogP contribution in [0.4, 0.5) is 5.69 Å². The smallest absolute Gasteiger partial charge is 0.257 e. The molecule has 0 fully saturated rings. The number of hydrogen-bond acceptors (Lipinski definition) is 7. The van der Waals surface area contributed by atoms with Gasteiger partial charge in [-0.05, 0) is 93.4 Å². The van der Waals surface area contributed by atoms with Gasteiger partial charge in [0.15, 0.2) is 22.2 Å². The number of oxazole rings is 1. The predicted octanol–water partition coefficient (Wildman–Crippen LogP) is 7.98. The van der Waals surface area contributed by atoms with Gasteiger partial charge in [0, 0.05) is 11.1 Å². The number of ether oxygens (including phenoxy) is 3. The van der Waals surface area contributed by atoms with E-state index in [4.69, 9.17) is 47.4 Å². The van der Waals surface area contributed by atoms with Gasteiger partial charge in [-0.25, -0.2) is 4.98 Å². The zero-order valence-corrected chi connectivity index (χ0v) is 25.4. The molecule has 216 valence electrons. The number of carbonyl (C=O) groups is 1. The number of rotatable bonds is 11. The zero-order chi connectivity index (χ0) is 29.5. The molecule has 1 atom stereocenters. The van der Waals surface area contributed by atoms with Crippen molar-refractivity contribution in [3.63, 3.8) is 0 Å². The van der Waals surface area contributed by atoms with Crippen LogP contribution in [0.2, 0.25) is 5.02 Å². The van der Waals surface area contributed by atoms with Crippen molar-refractivity contribution in [3.8, 4) is 28.7 Å². The average Bonchev–Trinajstić information content (AvgIpc) is 3.39. The van der Waals surface area contributed by atoms with Crippen LogP contribution < -0.4 is 24.8 Å². The van der Waals surface area contributed by atoms with Crippen LogP contribution in [-0.4, -0.2) is 35.8 Å². The molecule has 4 rings (SSSR count). The molecule has 0 spiro atoms. The number of fused-ring (bicyclic) bond motifs is 1. The van der Waals surface area contributed by atoms with Crippen molar-refractivity contribution in [2.24, 2.45) is 0 Å². The predicted molar refractivity (Wildman–Crippen MR) is 167 cm³/mol. The van der Waals surface area contributed by atoms with Crippen LogP contribution in [0.1, 0.15) is 62.9 Å². The number of aromatic nitrogens is 1. The Morgan fingerprint density at radius 3 is 2.29 bits per heavy atom. The van der Waals surface area contributed by atoms with Gasteiger partial charge in [-0.2, -0.15) is 0 Å². The quantitative estimate of drug-likeness (QED) is 0.168. The second-order valence-corrected chi connectivity index (χ2v) is 10.1. The third-order valence-electron chi connectivity index (χ3n) is 6.45. The summed E-state index contributed by atoms with van der Waals surface area (Å²) in [6.07, 6.45) is 1.04. The Morgan fingerprint density at radius 1 is 0.976 bits per heavy atom. The van der Waals surface area contributed by atoms with E-state index in [1.807, 2.05) is 32.9 Å². The van der Waals surface area contributed by atoms with Crippen molar-refractivity contribution >= 4 is 51.6 Å². The molecule has 0 bridgehead atoms. The van der Waals surface area contributed by atoms with Crippen molar-refractivity contribution in [1.29, 1.82) is 0 Å². The summed E-state index contributed by atoms with van der Waals surface area (Å²) in [4.78, 5) is 17.8. The molecule has 0 aliphatic rings. The van der Waals surface area contributed by atoms with Gasteiger partial charge in [0.05, 0.1) is 30.5 Å². The Bertz CT molecular complexity index is 1530. The Balaban J connectivity index is 1.53. The number of nitrogens with zero attached hydrogens (tertiary/aromatic N) is 1. The summed E-state index contributed by atoms with van der Waals surface area (Å²) in [7, 11) is 0. The second kappa shape index (κ2) is 13.7. The maximum atomic E-state index is 13.1. The summed E-state index contributed by atoms with van der Waals surface area (Å²) in [5.41, 5.74) is 4.21. The SMILES string of the molecule is CCOc1cc(C(=O)NC(=S)Nc2cc(-c3nc4cc([C@@H](C)CC)ccc4o3)ccc2Cl)cc(OCC)c1OCC. The van der Waals surface area contributed by atoms with E-state index in [0.717, 1.165) is 11.9 Å². The molecule has 0 unspecified atom stereocenters. The monoisotopic (exact) mass is 595 g/mol. The van der Waals surface area contributed by atoms with Gasteiger partial charge in [-0.1, -0.05) is 31.5 Å². The first kappa shape index (κ1) is 30.1. The van der Waals surface area contributed by atoms with Crippen molar-refractivity contribution < 1.29 is 23.4 Å². The summed E-state index contributed by atoms with van der Waals surface area (Å²) in [6.45, 7) is 11.1. The van der Waals surface area contributed by atoms with Gasteiger partial charge >= 0.3 is 0 Å². The van der Waals surface area contributed by atoms with E-state index in [2.05, 4.69) is 36.6 Å². The van der Waals surface area contributed by atoms with E-state index in [0.29, 0.717) is 76.3 Å². The van der Waals surface area contributed by atoms with Crippen LogP contribution in [0.5, 0.6) is 17.2 Å². The van der Waals surface area contributed by atoms with Gasteiger partial charge in [0.1, 0.15) is 5.52 Å². The Hall–Kier alpha value is -3.82. The second-order valence-electron chi connectivity index (χ2n) is 9.26. The highest BCUT2D eigenvalue weighted by molar-refractivity contribution is 7.80. The largest absolute Gasteiger partial charge is 0.490 e.